The molecule has 0 atom stereocenters. The Hall–Kier alpha value is -5.40. The molecule has 0 N–H and O–H groups in total. The van der Waals surface area contributed by atoms with E-state index in [9.17, 15) is 0 Å². The number of benzene rings is 7. The lowest BCUT2D eigenvalue weighted by Crippen LogP contribution is -2.16. The van der Waals surface area contributed by atoms with Crippen LogP contribution in [0, 0.1) is 0 Å². The highest BCUT2D eigenvalue weighted by atomic mass is 15.1. The number of nitrogens with zero attached hydrogens (tertiary/aromatic N) is 1. The zero-order chi connectivity index (χ0) is 31.9. The second kappa shape index (κ2) is 10.0. The van der Waals surface area contributed by atoms with Gasteiger partial charge in [0.2, 0.25) is 0 Å². The van der Waals surface area contributed by atoms with E-state index in [4.69, 9.17) is 0 Å². The van der Waals surface area contributed by atoms with Gasteiger partial charge in [0.1, 0.15) is 0 Å². The minimum absolute atomic E-state index is 0.0138. The second-order valence-corrected chi connectivity index (χ2v) is 14.2. The Labute approximate surface area is 277 Å². The van der Waals surface area contributed by atoms with Gasteiger partial charge in [0, 0.05) is 27.9 Å². The molecule has 0 bridgehead atoms. The first kappa shape index (κ1) is 27.9. The standard InChI is InChI=1S/C46H37N/c1-45(2)42-17-11-9-15-38(42)40-27-33-26-35(23-20-32(33)28-43(40)45)47(34-21-18-31(19-22-34)30-12-6-5-7-13-30)36-24-25-39-37-14-8-10-16-41(37)46(3,4)44(39)29-36/h5-29H,1-4H3. The average Bonchev–Trinajstić information content (AvgIpc) is 3.47. The molecule has 7 aromatic carbocycles. The molecule has 0 radical (unpaired) electrons. The molecular formula is C46H37N. The van der Waals surface area contributed by atoms with Crippen LogP contribution >= 0.6 is 0 Å². The third-order valence-corrected chi connectivity index (χ3v) is 10.8. The fourth-order valence-corrected chi connectivity index (χ4v) is 8.28. The normalized spacial score (nSPS) is 14.7. The SMILES string of the molecule is CC1(C)c2ccccc2-c2ccc(N(c3ccc(-c4ccccc4)cc3)c3ccc4cc5c(cc4c3)-c3ccccc3C5(C)C)cc21. The number of hydrogen-bond acceptors (Lipinski definition) is 1. The molecule has 2 aliphatic carbocycles. The molecular weight excluding hydrogens is 567 g/mol. The van der Waals surface area contributed by atoms with E-state index in [2.05, 4.69) is 184 Å². The monoisotopic (exact) mass is 603 g/mol. The summed E-state index contributed by atoms with van der Waals surface area (Å²) in [6, 6.07) is 56.3. The van der Waals surface area contributed by atoms with Crippen molar-refractivity contribution in [2.75, 3.05) is 4.90 Å². The highest BCUT2D eigenvalue weighted by molar-refractivity contribution is 5.96. The van der Waals surface area contributed by atoms with Crippen molar-refractivity contribution in [3.8, 4) is 33.4 Å². The van der Waals surface area contributed by atoms with E-state index in [0.29, 0.717) is 0 Å². The largest absolute Gasteiger partial charge is 0.310 e. The van der Waals surface area contributed by atoms with Gasteiger partial charge in [0.25, 0.3) is 0 Å². The number of hydrogen-bond donors (Lipinski definition) is 0. The molecule has 1 nitrogen and oxygen atoms in total. The van der Waals surface area contributed by atoms with E-state index < -0.39 is 0 Å². The molecule has 2 aliphatic rings. The summed E-state index contributed by atoms with van der Waals surface area (Å²) < 4.78 is 0. The fourth-order valence-electron chi connectivity index (χ4n) is 8.28. The zero-order valence-corrected chi connectivity index (χ0v) is 27.4. The van der Waals surface area contributed by atoms with Crippen LogP contribution in [-0.2, 0) is 10.8 Å². The zero-order valence-electron chi connectivity index (χ0n) is 27.4. The van der Waals surface area contributed by atoms with Crippen LogP contribution in [0.3, 0.4) is 0 Å². The number of fused-ring (bicyclic) bond motifs is 7. The van der Waals surface area contributed by atoms with Gasteiger partial charge < -0.3 is 4.90 Å². The molecule has 9 rings (SSSR count). The summed E-state index contributed by atoms with van der Waals surface area (Å²) >= 11 is 0. The Balaban J connectivity index is 1.22. The minimum Gasteiger partial charge on any atom is -0.310 e. The van der Waals surface area contributed by atoms with Gasteiger partial charge in [-0.05, 0) is 115 Å². The highest BCUT2D eigenvalue weighted by Crippen LogP contribution is 2.52. The molecule has 0 fully saturated rings. The van der Waals surface area contributed by atoms with E-state index in [0.717, 1.165) is 11.4 Å². The predicted octanol–water partition coefficient (Wildman–Crippen LogP) is 12.6. The first-order valence-electron chi connectivity index (χ1n) is 16.7. The highest BCUT2D eigenvalue weighted by Gasteiger charge is 2.37. The van der Waals surface area contributed by atoms with Crippen LogP contribution in [0.2, 0.25) is 0 Å². The average molecular weight is 604 g/mol. The molecule has 0 amide bonds. The van der Waals surface area contributed by atoms with Gasteiger partial charge in [-0.3, -0.25) is 0 Å². The molecule has 0 saturated carbocycles. The van der Waals surface area contributed by atoms with Crippen molar-refractivity contribution in [3.05, 3.63) is 174 Å². The van der Waals surface area contributed by atoms with Crippen LogP contribution in [0.4, 0.5) is 17.1 Å². The fraction of sp³-hybridized carbons (Fsp3) is 0.130. The van der Waals surface area contributed by atoms with Gasteiger partial charge in [-0.2, -0.15) is 0 Å². The maximum absolute atomic E-state index is 2.43. The van der Waals surface area contributed by atoms with Crippen molar-refractivity contribution < 1.29 is 0 Å². The Kier molecular flexibility index (Phi) is 5.96. The molecule has 0 unspecified atom stereocenters. The van der Waals surface area contributed by atoms with E-state index in [1.165, 1.54) is 72.1 Å². The predicted molar refractivity (Wildman–Crippen MR) is 199 cm³/mol. The molecule has 0 aromatic heterocycles. The summed E-state index contributed by atoms with van der Waals surface area (Å²) in [4.78, 5) is 2.43. The molecule has 7 aromatic rings. The van der Waals surface area contributed by atoms with Crippen molar-refractivity contribution in [1.29, 1.82) is 0 Å². The summed E-state index contributed by atoms with van der Waals surface area (Å²) in [5, 5.41) is 2.53. The Morgan fingerprint density at radius 3 is 1.55 bits per heavy atom. The summed E-state index contributed by atoms with van der Waals surface area (Å²) in [6.45, 7) is 9.42. The topological polar surface area (TPSA) is 3.24 Å². The van der Waals surface area contributed by atoms with Crippen LogP contribution in [-0.4, -0.2) is 0 Å². The molecule has 0 spiro atoms. The lowest BCUT2D eigenvalue weighted by atomic mass is 9.82. The summed E-state index contributed by atoms with van der Waals surface area (Å²) in [6.07, 6.45) is 0. The summed E-state index contributed by atoms with van der Waals surface area (Å²) in [5.41, 5.74) is 16.8. The van der Waals surface area contributed by atoms with Crippen molar-refractivity contribution in [2.45, 2.75) is 38.5 Å². The first-order valence-corrected chi connectivity index (χ1v) is 16.7. The van der Waals surface area contributed by atoms with Crippen LogP contribution in [0.15, 0.2) is 152 Å². The van der Waals surface area contributed by atoms with Crippen LogP contribution in [0.25, 0.3) is 44.2 Å². The third-order valence-electron chi connectivity index (χ3n) is 10.8. The number of anilines is 3. The maximum Gasteiger partial charge on any atom is 0.0468 e. The van der Waals surface area contributed by atoms with E-state index in [-0.39, 0.29) is 10.8 Å². The van der Waals surface area contributed by atoms with Crippen molar-refractivity contribution in [3.63, 3.8) is 0 Å². The van der Waals surface area contributed by atoms with E-state index in [1.807, 2.05) is 0 Å². The molecule has 0 aliphatic heterocycles. The van der Waals surface area contributed by atoms with Gasteiger partial charge in [-0.25, -0.2) is 0 Å². The second-order valence-electron chi connectivity index (χ2n) is 14.2. The van der Waals surface area contributed by atoms with Crippen LogP contribution in [0.5, 0.6) is 0 Å². The van der Waals surface area contributed by atoms with Crippen LogP contribution in [0.1, 0.15) is 49.9 Å². The molecule has 47 heavy (non-hydrogen) atoms. The Morgan fingerprint density at radius 1 is 0.340 bits per heavy atom. The Bertz CT molecular complexity index is 2340. The summed E-state index contributed by atoms with van der Waals surface area (Å²) in [5.74, 6) is 0. The molecule has 0 heterocycles. The van der Waals surface area contributed by atoms with Gasteiger partial charge in [-0.1, -0.05) is 131 Å². The smallest absolute Gasteiger partial charge is 0.0468 e. The van der Waals surface area contributed by atoms with Gasteiger partial charge in [-0.15, -0.1) is 0 Å². The quantitative estimate of drug-likeness (QED) is 0.193. The van der Waals surface area contributed by atoms with Crippen LogP contribution < -0.4 is 4.90 Å². The van der Waals surface area contributed by atoms with Gasteiger partial charge in [0.15, 0.2) is 0 Å². The van der Waals surface area contributed by atoms with Gasteiger partial charge >= 0.3 is 0 Å². The maximum atomic E-state index is 2.43. The first-order chi connectivity index (χ1) is 22.8. The summed E-state index contributed by atoms with van der Waals surface area (Å²) in [7, 11) is 0. The number of rotatable bonds is 4. The lowest BCUT2D eigenvalue weighted by Gasteiger charge is -2.28. The van der Waals surface area contributed by atoms with E-state index in [1.54, 1.807) is 0 Å². The van der Waals surface area contributed by atoms with Crippen molar-refractivity contribution in [2.24, 2.45) is 0 Å². The third kappa shape index (κ3) is 4.16. The van der Waals surface area contributed by atoms with Crippen molar-refractivity contribution in [1.82, 2.24) is 0 Å². The Morgan fingerprint density at radius 2 is 0.851 bits per heavy atom. The molecule has 226 valence electrons. The van der Waals surface area contributed by atoms with Gasteiger partial charge in [0.05, 0.1) is 0 Å². The molecule has 1 heteroatoms. The minimum atomic E-state index is -0.0745. The van der Waals surface area contributed by atoms with E-state index >= 15 is 0 Å². The molecule has 0 saturated heterocycles. The van der Waals surface area contributed by atoms with Crippen molar-refractivity contribution >= 4 is 27.8 Å². The lowest BCUT2D eigenvalue weighted by molar-refractivity contribution is 0.660.